The molecule has 10 heteroatoms. The second kappa shape index (κ2) is 9.66. The Morgan fingerprint density at radius 2 is 1.76 bits per heavy atom. The van der Waals surface area contributed by atoms with Crippen LogP contribution in [0.4, 0.5) is 5.82 Å². The molecule has 0 spiro atoms. The van der Waals surface area contributed by atoms with Crippen LogP contribution in [0.25, 0.3) is 22.6 Å². The van der Waals surface area contributed by atoms with E-state index in [1.807, 2.05) is 10.6 Å². The van der Waals surface area contributed by atoms with Crippen LogP contribution >= 0.6 is 0 Å². The second-order valence-corrected chi connectivity index (χ2v) is 11.0. The molecule has 37 heavy (non-hydrogen) atoms. The van der Waals surface area contributed by atoms with Crippen molar-refractivity contribution in [1.82, 2.24) is 38.9 Å². The highest BCUT2D eigenvalue weighted by atomic mass is 16.5. The first-order valence-electron chi connectivity index (χ1n) is 13.4. The van der Waals surface area contributed by atoms with Gasteiger partial charge >= 0.3 is 0 Å². The van der Waals surface area contributed by atoms with Crippen molar-refractivity contribution < 1.29 is 4.74 Å². The Labute approximate surface area is 217 Å². The molecule has 4 aromatic heterocycles. The van der Waals surface area contributed by atoms with Gasteiger partial charge in [-0.1, -0.05) is 6.92 Å². The van der Waals surface area contributed by atoms with Gasteiger partial charge in [-0.2, -0.15) is 9.61 Å². The van der Waals surface area contributed by atoms with Gasteiger partial charge in [0, 0.05) is 76.1 Å². The summed E-state index contributed by atoms with van der Waals surface area (Å²) in [4.78, 5) is 21.8. The van der Waals surface area contributed by atoms with Gasteiger partial charge in [0.05, 0.1) is 24.4 Å². The number of aromatic nitrogens is 6. The molecular formula is C27H37N9O. The molecule has 0 amide bonds. The highest BCUT2D eigenvalue weighted by Crippen LogP contribution is 2.26. The summed E-state index contributed by atoms with van der Waals surface area (Å²) in [6.07, 6.45) is 2.58. The number of ether oxygens (including phenoxy) is 1. The van der Waals surface area contributed by atoms with Crippen molar-refractivity contribution in [3.05, 3.63) is 42.0 Å². The summed E-state index contributed by atoms with van der Waals surface area (Å²) in [5.74, 6) is 2.85. The number of anilines is 1. The molecule has 6 heterocycles. The van der Waals surface area contributed by atoms with Crippen LogP contribution in [-0.4, -0.2) is 97.0 Å². The average Bonchev–Trinajstić information content (AvgIpc) is 3.49. The summed E-state index contributed by atoms with van der Waals surface area (Å²) in [6, 6.07) is 8.31. The third kappa shape index (κ3) is 4.69. The molecule has 0 aliphatic carbocycles. The third-order valence-electron chi connectivity index (χ3n) is 7.53. The molecule has 2 saturated heterocycles. The first-order valence-corrected chi connectivity index (χ1v) is 13.4. The molecule has 0 unspecified atom stereocenters. The van der Waals surface area contributed by atoms with E-state index in [1.165, 1.54) is 0 Å². The van der Waals surface area contributed by atoms with Gasteiger partial charge in [-0.25, -0.2) is 15.0 Å². The van der Waals surface area contributed by atoms with Gasteiger partial charge in [-0.3, -0.25) is 14.4 Å². The van der Waals surface area contributed by atoms with Crippen molar-refractivity contribution in [2.45, 2.75) is 46.2 Å². The number of rotatable bonds is 5. The Kier molecular flexibility index (Phi) is 6.34. The van der Waals surface area contributed by atoms with Crippen LogP contribution in [0.15, 0.2) is 30.5 Å². The van der Waals surface area contributed by atoms with Crippen molar-refractivity contribution in [2.24, 2.45) is 0 Å². The van der Waals surface area contributed by atoms with E-state index in [1.54, 1.807) is 6.20 Å². The lowest BCUT2D eigenvalue weighted by Gasteiger charge is -2.42. The fraction of sp³-hybridized carbons (Fsp3) is 0.556. The minimum Gasteiger partial charge on any atom is -0.378 e. The van der Waals surface area contributed by atoms with E-state index >= 15 is 0 Å². The Bertz CT molecular complexity index is 1390. The highest BCUT2D eigenvalue weighted by Gasteiger charge is 2.27. The molecule has 0 atom stereocenters. The third-order valence-corrected chi connectivity index (χ3v) is 7.53. The molecule has 10 nitrogen and oxygen atoms in total. The fourth-order valence-corrected chi connectivity index (χ4v) is 5.46. The van der Waals surface area contributed by atoms with Crippen LogP contribution in [-0.2, 0) is 17.7 Å². The lowest BCUT2D eigenvalue weighted by atomic mass is 10.0. The zero-order valence-electron chi connectivity index (χ0n) is 22.4. The topological polar surface area (TPSA) is 79.9 Å². The molecule has 0 N–H and O–H groups in total. The van der Waals surface area contributed by atoms with Crippen molar-refractivity contribution in [1.29, 1.82) is 0 Å². The number of imidazole rings is 1. The minimum atomic E-state index is 0.215. The van der Waals surface area contributed by atoms with Gasteiger partial charge in [-0.15, -0.1) is 0 Å². The standard InChI is InChI=1S/C27H37N9O/c1-5-22-30-26-21(7-6-8-28-26)35(22)23-18-25(33-13-15-37-16-14-33)36-24(29-23)17-20(31-36)19-32-9-11-34(12-10-32)27(2,3)4/h6-8,17-18H,5,9-16,19H2,1-4H3. The molecule has 0 bridgehead atoms. The summed E-state index contributed by atoms with van der Waals surface area (Å²) in [7, 11) is 0. The van der Waals surface area contributed by atoms with Crippen LogP contribution in [0.3, 0.4) is 0 Å². The number of aryl methyl sites for hydroxylation is 1. The Morgan fingerprint density at radius 1 is 0.973 bits per heavy atom. The number of nitrogens with zero attached hydrogens (tertiary/aromatic N) is 9. The van der Waals surface area contributed by atoms with Crippen molar-refractivity contribution in [3.8, 4) is 5.82 Å². The Balaban J connectivity index is 1.38. The average molecular weight is 504 g/mol. The first-order chi connectivity index (χ1) is 17.9. The predicted molar refractivity (Wildman–Crippen MR) is 144 cm³/mol. The summed E-state index contributed by atoms with van der Waals surface area (Å²) in [6.45, 7) is 17.2. The molecule has 0 radical (unpaired) electrons. The minimum absolute atomic E-state index is 0.215. The van der Waals surface area contributed by atoms with Crippen molar-refractivity contribution in [3.63, 3.8) is 0 Å². The van der Waals surface area contributed by atoms with E-state index in [0.29, 0.717) is 13.2 Å². The van der Waals surface area contributed by atoms with E-state index in [4.69, 9.17) is 19.8 Å². The maximum Gasteiger partial charge on any atom is 0.178 e. The largest absolute Gasteiger partial charge is 0.378 e. The number of hydrogen-bond acceptors (Lipinski definition) is 8. The van der Waals surface area contributed by atoms with Crippen LogP contribution in [0, 0.1) is 0 Å². The van der Waals surface area contributed by atoms with Gasteiger partial charge in [0.2, 0.25) is 0 Å². The van der Waals surface area contributed by atoms with E-state index in [0.717, 1.165) is 92.2 Å². The zero-order valence-corrected chi connectivity index (χ0v) is 22.4. The van der Waals surface area contributed by atoms with Gasteiger partial charge in [0.15, 0.2) is 11.3 Å². The molecule has 0 aromatic carbocycles. The number of hydrogen-bond donors (Lipinski definition) is 0. The fourth-order valence-electron chi connectivity index (χ4n) is 5.46. The molecular weight excluding hydrogens is 466 g/mol. The summed E-state index contributed by atoms with van der Waals surface area (Å²) in [5, 5.41) is 5.06. The highest BCUT2D eigenvalue weighted by molar-refractivity contribution is 5.74. The number of pyridine rings is 1. The van der Waals surface area contributed by atoms with E-state index in [9.17, 15) is 0 Å². The molecule has 2 fully saturated rings. The number of morpholine rings is 1. The normalized spacial score (nSPS) is 18.3. The van der Waals surface area contributed by atoms with Crippen molar-refractivity contribution in [2.75, 3.05) is 57.4 Å². The van der Waals surface area contributed by atoms with Crippen LogP contribution in [0.5, 0.6) is 0 Å². The van der Waals surface area contributed by atoms with Gasteiger partial charge in [-0.05, 0) is 32.9 Å². The van der Waals surface area contributed by atoms with E-state index in [2.05, 4.69) is 70.1 Å². The van der Waals surface area contributed by atoms with Crippen LogP contribution in [0.2, 0.25) is 0 Å². The summed E-state index contributed by atoms with van der Waals surface area (Å²) >= 11 is 0. The monoisotopic (exact) mass is 503 g/mol. The van der Waals surface area contributed by atoms with Crippen molar-refractivity contribution >= 4 is 22.6 Å². The molecule has 2 aliphatic heterocycles. The summed E-state index contributed by atoms with van der Waals surface area (Å²) in [5.41, 5.74) is 3.84. The molecule has 4 aromatic rings. The van der Waals surface area contributed by atoms with E-state index < -0.39 is 0 Å². The van der Waals surface area contributed by atoms with Gasteiger partial charge in [0.25, 0.3) is 0 Å². The maximum absolute atomic E-state index is 5.65. The predicted octanol–water partition coefficient (Wildman–Crippen LogP) is 2.78. The summed E-state index contributed by atoms with van der Waals surface area (Å²) < 4.78 is 9.80. The SMILES string of the molecule is CCc1nc2ncccc2n1-c1cc(N2CCOCC2)n2nc(CN3CCN(C(C)(C)C)CC3)cc2n1. The van der Waals surface area contributed by atoms with Gasteiger partial charge < -0.3 is 9.64 Å². The first kappa shape index (κ1) is 24.3. The quantitative estimate of drug-likeness (QED) is 0.411. The lowest BCUT2D eigenvalue weighted by molar-refractivity contribution is 0.0585. The Hall–Kier alpha value is -3.08. The van der Waals surface area contributed by atoms with Crippen LogP contribution in [0.1, 0.15) is 39.2 Å². The smallest absolute Gasteiger partial charge is 0.178 e. The molecule has 6 rings (SSSR count). The lowest BCUT2D eigenvalue weighted by Crippen LogP contribution is -2.53. The Morgan fingerprint density at radius 3 is 2.49 bits per heavy atom. The van der Waals surface area contributed by atoms with Crippen LogP contribution < -0.4 is 4.90 Å². The van der Waals surface area contributed by atoms with Gasteiger partial charge in [0.1, 0.15) is 17.5 Å². The maximum atomic E-state index is 5.65. The number of piperazine rings is 1. The molecule has 196 valence electrons. The molecule has 0 saturated carbocycles. The zero-order chi connectivity index (χ0) is 25.6. The molecule has 2 aliphatic rings. The van der Waals surface area contributed by atoms with E-state index in [-0.39, 0.29) is 5.54 Å². The second-order valence-electron chi connectivity index (χ2n) is 11.0. The number of fused-ring (bicyclic) bond motifs is 2.